The third kappa shape index (κ3) is 11.3. The second-order valence-electron chi connectivity index (χ2n) is 17.6. The highest BCUT2D eigenvalue weighted by Crippen LogP contribution is 2.44. The fourth-order valence-corrected chi connectivity index (χ4v) is 8.14. The number of aliphatic hydroxyl groups is 3. The van der Waals surface area contributed by atoms with Gasteiger partial charge in [-0.05, 0) is 47.4 Å². The first-order valence-corrected chi connectivity index (χ1v) is 23.6. The number of carbonyl (C=O) groups excluding carboxylic acids is 2. The highest BCUT2D eigenvalue weighted by atomic mass is 35.5. The van der Waals surface area contributed by atoms with Gasteiger partial charge in [-0.1, -0.05) is 99.6 Å². The van der Waals surface area contributed by atoms with E-state index in [0.717, 1.165) is 37.6 Å². The van der Waals surface area contributed by atoms with Crippen molar-refractivity contribution in [2.24, 2.45) is 11.8 Å². The molecular weight excluding hydrogens is 994 g/mol. The van der Waals surface area contributed by atoms with Crippen LogP contribution < -0.4 is 31.2 Å². The molecule has 6 heterocycles. The van der Waals surface area contributed by atoms with Crippen molar-refractivity contribution in [1.29, 1.82) is 0 Å². The molecular formula is C48H55ClF2N12O11. The summed E-state index contributed by atoms with van der Waals surface area (Å²) in [6.07, 6.45) is -10.7. The topological polar surface area (TPSA) is 309 Å². The normalized spacial score (nSPS) is 21.5. The minimum atomic E-state index is -1.84. The Hall–Kier alpha value is -7.29. The van der Waals surface area contributed by atoms with Gasteiger partial charge in [0.15, 0.2) is 47.1 Å². The maximum atomic E-state index is 14.1. The first kappa shape index (κ1) is 54.5. The maximum absolute atomic E-state index is 14.1. The fraction of sp³-hybridized carbons (Fsp3) is 0.417. The molecule has 394 valence electrons. The molecule has 0 aliphatic carbocycles. The molecule has 8 atom stereocenters. The number of nitrogens with one attached hydrogen (secondary N) is 4. The number of benzene rings is 3. The standard InChI is InChI=1S/C21H19ClO2.C14H19FN6O4.C13H17FN6O5/c1-23-19-12-8-17(9-13-19)21(22,16-6-4-3-5-7-16)18-10-14-20(24-2)15-11-18;1-4-6-7(15)9(22)13(25-6)21-10-8(19-20-21)12(24)18-14(16-10)17-11(23)5(2)3;1-4(2)10(23)16-13-15-9-7(11(24)17-13)18-19-20(9)12-8(22)6(14)5(3-21)25-12/h3-15H,1-2H3;5-7,9,13,22H,4H2,1-3H3,(H2,16,17,18,23,24);4-6,8,12,21-22H,3H2,1-2H3,(H2,15,16,17,23,24)/t;6-,7-,9-,13-;5-,6-,8-,12-/m.11/s1. The van der Waals surface area contributed by atoms with Crippen LogP contribution in [0.5, 0.6) is 11.5 Å². The molecule has 2 aliphatic heterocycles. The average Bonchev–Trinajstić information content (AvgIpc) is 4.17. The number of aromatic amines is 2. The van der Waals surface area contributed by atoms with Crippen molar-refractivity contribution < 1.29 is 52.6 Å². The van der Waals surface area contributed by atoms with Crippen molar-refractivity contribution in [2.45, 2.75) is 95.1 Å². The van der Waals surface area contributed by atoms with Gasteiger partial charge in [0.2, 0.25) is 23.7 Å². The molecule has 23 nitrogen and oxygen atoms in total. The van der Waals surface area contributed by atoms with E-state index >= 15 is 0 Å². The van der Waals surface area contributed by atoms with E-state index in [1.165, 1.54) is 0 Å². The second kappa shape index (κ2) is 23.3. The molecule has 3 aromatic carbocycles. The van der Waals surface area contributed by atoms with Gasteiger partial charge in [-0.2, -0.15) is 19.3 Å². The van der Waals surface area contributed by atoms with Crippen LogP contribution in [0.2, 0.25) is 0 Å². The van der Waals surface area contributed by atoms with Gasteiger partial charge in [0, 0.05) is 11.8 Å². The predicted octanol–water partition coefficient (Wildman–Crippen LogP) is 4.05. The molecule has 2 amide bonds. The number of rotatable bonds is 13. The maximum Gasteiger partial charge on any atom is 0.282 e. The average molecular weight is 1050 g/mol. The van der Waals surface area contributed by atoms with Crippen molar-refractivity contribution >= 4 is 57.6 Å². The predicted molar refractivity (Wildman–Crippen MR) is 264 cm³/mol. The number of hydrogen-bond donors (Lipinski definition) is 7. The van der Waals surface area contributed by atoms with E-state index in [1.807, 2.05) is 78.9 Å². The van der Waals surface area contributed by atoms with Crippen LogP contribution >= 0.6 is 11.6 Å². The van der Waals surface area contributed by atoms with E-state index in [1.54, 1.807) is 48.8 Å². The summed E-state index contributed by atoms with van der Waals surface area (Å²) in [5, 5.41) is 48.8. The number of amides is 2. The van der Waals surface area contributed by atoms with Crippen LogP contribution in [0.25, 0.3) is 22.3 Å². The summed E-state index contributed by atoms with van der Waals surface area (Å²) in [6.45, 7) is 7.80. The third-order valence-corrected chi connectivity index (χ3v) is 12.6. The van der Waals surface area contributed by atoms with Gasteiger partial charge >= 0.3 is 0 Å². The molecule has 2 aliphatic rings. The van der Waals surface area contributed by atoms with Gasteiger partial charge in [-0.15, -0.1) is 21.8 Å². The lowest BCUT2D eigenvalue weighted by molar-refractivity contribution is -0.119. The number of aromatic nitrogens is 10. The zero-order chi connectivity index (χ0) is 53.6. The lowest BCUT2D eigenvalue weighted by atomic mass is 9.84. The summed E-state index contributed by atoms with van der Waals surface area (Å²) in [5.74, 6) is 0.0135. The molecule has 7 N–H and O–H groups in total. The van der Waals surface area contributed by atoms with E-state index < -0.39 is 71.8 Å². The van der Waals surface area contributed by atoms with Gasteiger partial charge in [0.05, 0.1) is 26.9 Å². The Morgan fingerprint density at radius 3 is 1.45 bits per heavy atom. The number of aliphatic hydroxyl groups excluding tert-OH is 3. The van der Waals surface area contributed by atoms with E-state index in [0.29, 0.717) is 6.42 Å². The molecule has 7 aromatic rings. The molecule has 74 heavy (non-hydrogen) atoms. The number of ether oxygens (including phenoxy) is 4. The largest absolute Gasteiger partial charge is 0.497 e. The Labute approximate surface area is 425 Å². The Morgan fingerprint density at radius 1 is 0.703 bits per heavy atom. The number of methoxy groups -OCH3 is 2. The molecule has 4 aromatic heterocycles. The Kier molecular flexibility index (Phi) is 17.1. The van der Waals surface area contributed by atoms with Gasteiger partial charge in [0.25, 0.3) is 11.1 Å². The molecule has 2 fully saturated rings. The van der Waals surface area contributed by atoms with Crippen LogP contribution in [0.15, 0.2) is 88.5 Å². The molecule has 26 heteroatoms. The molecule has 0 unspecified atom stereocenters. The summed E-state index contributed by atoms with van der Waals surface area (Å²) in [5.41, 5.74) is 1.32. The fourth-order valence-electron chi connectivity index (χ4n) is 7.77. The van der Waals surface area contributed by atoms with Crippen molar-refractivity contribution in [1.82, 2.24) is 49.9 Å². The Morgan fingerprint density at radius 2 is 1.09 bits per heavy atom. The molecule has 0 saturated carbocycles. The van der Waals surface area contributed by atoms with Crippen molar-refractivity contribution in [2.75, 3.05) is 31.5 Å². The minimum absolute atomic E-state index is 0.0178. The number of H-pyrrole nitrogens is 2. The van der Waals surface area contributed by atoms with Crippen LogP contribution in [0, 0.1) is 11.8 Å². The first-order chi connectivity index (χ1) is 35.3. The van der Waals surface area contributed by atoms with E-state index in [9.17, 15) is 38.2 Å². The number of carbonyl (C=O) groups is 2. The first-order valence-electron chi connectivity index (χ1n) is 23.3. The third-order valence-electron chi connectivity index (χ3n) is 12.0. The summed E-state index contributed by atoms with van der Waals surface area (Å²) in [6, 6.07) is 25.8. The van der Waals surface area contributed by atoms with Gasteiger partial charge < -0.3 is 34.3 Å². The van der Waals surface area contributed by atoms with Gasteiger partial charge in [-0.3, -0.25) is 39.8 Å². The quantitative estimate of drug-likeness (QED) is 0.0633. The molecule has 9 rings (SSSR count). The monoisotopic (exact) mass is 1050 g/mol. The summed E-state index contributed by atoms with van der Waals surface area (Å²) >= 11 is 7.22. The number of hydrogen-bond acceptors (Lipinski definition) is 17. The van der Waals surface area contributed by atoms with Crippen molar-refractivity contribution in [3.05, 3.63) is 116 Å². The molecule has 2 saturated heterocycles. The Balaban J connectivity index is 0.000000162. The summed E-state index contributed by atoms with van der Waals surface area (Å²) < 4.78 is 51.2. The number of halogens is 3. The second-order valence-corrected chi connectivity index (χ2v) is 18.2. The number of nitrogens with zero attached hydrogens (tertiary/aromatic N) is 8. The van der Waals surface area contributed by atoms with Crippen LogP contribution in [-0.2, 0) is 23.9 Å². The minimum Gasteiger partial charge on any atom is -0.497 e. The van der Waals surface area contributed by atoms with E-state index in [4.69, 9.17) is 35.7 Å². The summed E-state index contributed by atoms with van der Waals surface area (Å²) in [4.78, 5) is 59.8. The van der Waals surface area contributed by atoms with Crippen LogP contribution in [0.1, 0.15) is 70.2 Å². The zero-order valence-electron chi connectivity index (χ0n) is 41.0. The lowest BCUT2D eigenvalue weighted by Crippen LogP contribution is -2.30. The molecule has 0 bridgehead atoms. The number of anilines is 2. The number of fused-ring (bicyclic) bond motifs is 2. The van der Waals surface area contributed by atoms with E-state index in [-0.39, 0.29) is 57.9 Å². The Bertz CT molecular complexity index is 2970. The van der Waals surface area contributed by atoms with Crippen molar-refractivity contribution in [3.8, 4) is 11.5 Å². The lowest BCUT2D eigenvalue weighted by Gasteiger charge is -2.29. The zero-order valence-corrected chi connectivity index (χ0v) is 41.8. The summed E-state index contributed by atoms with van der Waals surface area (Å²) in [7, 11) is 3.31. The smallest absolute Gasteiger partial charge is 0.282 e. The van der Waals surface area contributed by atoms with Crippen LogP contribution in [-0.4, -0.2) is 135 Å². The molecule has 0 spiro atoms. The SMILES string of the molecule is CC(C)C(=O)Nc1nc2c(nnn2[C@@H]2O[C@H](CO)[C@@H](F)[C@H]2O)c(=O)[nH]1.CC[C@H]1O[C@@H](n2nnc3c(=O)[nH]c(NC(=O)C(C)C)nc32)[C@H](O)[C@@H]1F.COc1ccc(C(Cl)(c2ccccc2)c2ccc(OC)cc2)cc1. The van der Waals surface area contributed by atoms with Crippen molar-refractivity contribution in [3.63, 3.8) is 0 Å². The highest BCUT2D eigenvalue weighted by Gasteiger charge is 2.47. The van der Waals surface area contributed by atoms with Gasteiger partial charge in [-0.25, -0.2) is 8.78 Å². The van der Waals surface area contributed by atoms with Crippen LogP contribution in [0.4, 0.5) is 20.7 Å². The van der Waals surface area contributed by atoms with Gasteiger partial charge in [0.1, 0.15) is 34.7 Å². The molecule has 0 radical (unpaired) electrons. The highest BCUT2D eigenvalue weighted by molar-refractivity contribution is 6.28. The van der Waals surface area contributed by atoms with Crippen LogP contribution in [0.3, 0.4) is 0 Å². The van der Waals surface area contributed by atoms with E-state index in [2.05, 4.69) is 51.2 Å². The number of alkyl halides is 3.